The minimum absolute atomic E-state index is 0.0863. The van der Waals surface area contributed by atoms with Crippen molar-refractivity contribution in [3.63, 3.8) is 0 Å². The van der Waals surface area contributed by atoms with E-state index in [0.29, 0.717) is 21.6 Å². The largest absolute Gasteiger partial charge is 0.479 e. The molecule has 1 heterocycles. The number of nitrogens with zero attached hydrogens (tertiary/aromatic N) is 1. The number of furan rings is 1. The molecule has 0 saturated carbocycles. The molecule has 0 atom stereocenters. The van der Waals surface area contributed by atoms with E-state index in [1.165, 1.54) is 18.3 Å². The maximum absolute atomic E-state index is 12.2. The Labute approximate surface area is 186 Å². The first-order chi connectivity index (χ1) is 14.4. The molecular weight excluding hydrogens is 455 g/mol. The lowest BCUT2D eigenvalue weighted by Crippen LogP contribution is -2.16. The predicted octanol–water partition coefficient (Wildman–Crippen LogP) is 5.10. The van der Waals surface area contributed by atoms with E-state index in [-0.39, 0.29) is 34.8 Å². The summed E-state index contributed by atoms with van der Waals surface area (Å²) >= 11 is 18.2. The zero-order valence-electron chi connectivity index (χ0n) is 15.6. The van der Waals surface area contributed by atoms with Gasteiger partial charge in [-0.15, -0.1) is 0 Å². The number of carbonyl (C=O) groups is 2. The Morgan fingerprint density at radius 2 is 1.87 bits per heavy atom. The third-order valence-corrected chi connectivity index (χ3v) is 4.54. The lowest BCUT2D eigenvalue weighted by molar-refractivity contribution is -0.145. The van der Waals surface area contributed by atoms with Gasteiger partial charge in [0.1, 0.15) is 5.58 Å². The van der Waals surface area contributed by atoms with Crippen LogP contribution in [0.25, 0.3) is 11.0 Å². The van der Waals surface area contributed by atoms with Crippen molar-refractivity contribution in [1.29, 1.82) is 0 Å². The molecule has 1 amide bonds. The Kier molecular flexibility index (Phi) is 7.20. The Morgan fingerprint density at radius 1 is 1.13 bits per heavy atom. The van der Waals surface area contributed by atoms with Crippen LogP contribution in [0.5, 0.6) is 5.75 Å². The minimum Gasteiger partial charge on any atom is -0.479 e. The highest BCUT2D eigenvalue weighted by molar-refractivity contribution is 6.37. The summed E-state index contributed by atoms with van der Waals surface area (Å²) in [5.41, 5.74) is 3.39. The number of esters is 1. The van der Waals surface area contributed by atoms with Gasteiger partial charge in [-0.3, -0.25) is 4.79 Å². The highest BCUT2D eigenvalue weighted by Crippen LogP contribution is 2.33. The molecular formula is C20H15Cl3N2O5. The molecule has 0 bridgehead atoms. The predicted molar refractivity (Wildman–Crippen MR) is 115 cm³/mol. The van der Waals surface area contributed by atoms with E-state index in [4.69, 9.17) is 48.7 Å². The van der Waals surface area contributed by atoms with Crippen molar-refractivity contribution in [3.05, 3.63) is 62.8 Å². The van der Waals surface area contributed by atoms with Gasteiger partial charge in [0, 0.05) is 10.4 Å². The average Bonchev–Trinajstić information content (AvgIpc) is 3.11. The van der Waals surface area contributed by atoms with E-state index >= 15 is 0 Å². The fraction of sp³-hybridized carbons (Fsp3) is 0.150. The van der Waals surface area contributed by atoms with Gasteiger partial charge in [0.2, 0.25) is 0 Å². The molecule has 0 aliphatic heterocycles. The maximum Gasteiger partial charge on any atom is 0.344 e. The van der Waals surface area contributed by atoms with Crippen molar-refractivity contribution in [3.8, 4) is 5.75 Å². The smallest absolute Gasteiger partial charge is 0.344 e. The molecule has 0 unspecified atom stereocenters. The van der Waals surface area contributed by atoms with E-state index in [9.17, 15) is 9.59 Å². The third kappa shape index (κ3) is 5.44. The van der Waals surface area contributed by atoms with Crippen molar-refractivity contribution in [2.75, 3.05) is 13.2 Å². The molecule has 156 valence electrons. The van der Waals surface area contributed by atoms with Crippen molar-refractivity contribution in [2.24, 2.45) is 5.10 Å². The molecule has 0 aliphatic rings. The zero-order chi connectivity index (χ0) is 21.7. The first-order valence-corrected chi connectivity index (χ1v) is 9.80. The number of rotatable bonds is 7. The van der Waals surface area contributed by atoms with Crippen molar-refractivity contribution < 1.29 is 23.5 Å². The van der Waals surface area contributed by atoms with Gasteiger partial charge in [0.25, 0.3) is 0 Å². The van der Waals surface area contributed by atoms with Crippen molar-refractivity contribution >= 4 is 63.9 Å². The summed E-state index contributed by atoms with van der Waals surface area (Å²) in [5.74, 6) is -0.840. The molecule has 3 rings (SSSR count). The molecule has 7 nitrogen and oxygen atoms in total. The summed E-state index contributed by atoms with van der Waals surface area (Å²) in [7, 11) is 0. The van der Waals surface area contributed by atoms with Crippen LogP contribution in [-0.2, 0) is 9.53 Å². The number of hydrazone groups is 1. The highest BCUT2D eigenvalue weighted by Gasteiger charge is 2.13. The molecule has 0 fully saturated rings. The fourth-order valence-corrected chi connectivity index (χ4v) is 3.27. The van der Waals surface area contributed by atoms with Gasteiger partial charge >= 0.3 is 11.9 Å². The number of nitrogens with one attached hydrogen (secondary N) is 1. The quantitative estimate of drug-likeness (QED) is 0.295. The Morgan fingerprint density at radius 3 is 2.57 bits per heavy atom. The number of hydrogen-bond acceptors (Lipinski definition) is 6. The van der Waals surface area contributed by atoms with Gasteiger partial charge in [-0.1, -0.05) is 34.8 Å². The molecule has 0 radical (unpaired) electrons. The number of hydrogen-bond donors (Lipinski definition) is 1. The summed E-state index contributed by atoms with van der Waals surface area (Å²) in [4.78, 5) is 23.6. The van der Waals surface area contributed by atoms with Crippen LogP contribution < -0.4 is 10.2 Å². The summed E-state index contributed by atoms with van der Waals surface area (Å²) in [6.45, 7) is 1.61. The SMILES string of the molecule is CCOC(=O)COc1c(Cl)cc(/C=N/NC(=O)c2cc3cc(Cl)ccc3o2)cc1Cl. The van der Waals surface area contributed by atoms with Crippen LogP contribution in [0.1, 0.15) is 23.0 Å². The molecule has 30 heavy (non-hydrogen) atoms. The molecule has 3 aromatic rings. The van der Waals surface area contributed by atoms with Crippen LogP contribution in [0.3, 0.4) is 0 Å². The van der Waals surface area contributed by atoms with Gasteiger partial charge in [0.15, 0.2) is 18.1 Å². The Hall–Kier alpha value is -2.74. The highest BCUT2D eigenvalue weighted by atomic mass is 35.5. The van der Waals surface area contributed by atoms with Crippen LogP contribution in [0.2, 0.25) is 15.1 Å². The first-order valence-electron chi connectivity index (χ1n) is 8.67. The lowest BCUT2D eigenvalue weighted by Gasteiger charge is -2.10. The number of carbonyl (C=O) groups excluding carboxylic acids is 2. The lowest BCUT2D eigenvalue weighted by atomic mass is 10.2. The van der Waals surface area contributed by atoms with E-state index in [1.807, 2.05) is 0 Å². The van der Waals surface area contributed by atoms with Gasteiger partial charge in [-0.2, -0.15) is 5.10 Å². The molecule has 0 spiro atoms. The van der Waals surface area contributed by atoms with Gasteiger partial charge < -0.3 is 13.9 Å². The van der Waals surface area contributed by atoms with Crippen LogP contribution in [-0.4, -0.2) is 31.3 Å². The minimum atomic E-state index is -0.537. The van der Waals surface area contributed by atoms with Crippen molar-refractivity contribution in [2.45, 2.75) is 6.92 Å². The molecule has 0 saturated heterocycles. The van der Waals surface area contributed by atoms with Crippen LogP contribution in [0.4, 0.5) is 0 Å². The second kappa shape index (κ2) is 9.84. The molecule has 10 heteroatoms. The van der Waals surface area contributed by atoms with Crippen LogP contribution >= 0.6 is 34.8 Å². The van der Waals surface area contributed by atoms with Crippen molar-refractivity contribution in [1.82, 2.24) is 5.43 Å². The van der Waals surface area contributed by atoms with Gasteiger partial charge in [0.05, 0.1) is 22.9 Å². The summed E-state index contributed by atoms with van der Waals surface area (Å²) in [6, 6.07) is 9.64. The molecule has 0 aliphatic carbocycles. The van der Waals surface area contributed by atoms with Gasteiger partial charge in [-0.05, 0) is 48.9 Å². The van der Waals surface area contributed by atoms with Crippen LogP contribution in [0.15, 0.2) is 45.9 Å². The summed E-state index contributed by atoms with van der Waals surface area (Å²) in [5, 5.41) is 5.46. The number of ether oxygens (including phenoxy) is 2. The van der Waals surface area contributed by atoms with Gasteiger partial charge in [-0.25, -0.2) is 10.2 Å². The zero-order valence-corrected chi connectivity index (χ0v) is 17.8. The number of amides is 1. The van der Waals surface area contributed by atoms with Crippen LogP contribution in [0, 0.1) is 0 Å². The topological polar surface area (TPSA) is 90.1 Å². The number of fused-ring (bicyclic) bond motifs is 1. The second-order valence-corrected chi connectivity index (χ2v) is 7.15. The summed E-state index contributed by atoms with van der Waals surface area (Å²) in [6.07, 6.45) is 1.35. The normalized spacial score (nSPS) is 11.1. The summed E-state index contributed by atoms with van der Waals surface area (Å²) < 4.78 is 15.5. The van der Waals surface area contributed by atoms with E-state index in [2.05, 4.69) is 10.5 Å². The van der Waals surface area contributed by atoms with E-state index in [1.54, 1.807) is 31.2 Å². The first kappa shape index (κ1) is 22.0. The molecule has 2 aromatic carbocycles. The monoisotopic (exact) mass is 468 g/mol. The maximum atomic E-state index is 12.2. The average molecular weight is 470 g/mol. The Bertz CT molecular complexity index is 1100. The fourth-order valence-electron chi connectivity index (χ4n) is 2.47. The van der Waals surface area contributed by atoms with E-state index < -0.39 is 11.9 Å². The molecule has 1 N–H and O–H groups in total. The molecule has 1 aromatic heterocycles. The second-order valence-electron chi connectivity index (χ2n) is 5.90. The number of benzene rings is 2. The third-order valence-electron chi connectivity index (χ3n) is 3.74. The van der Waals surface area contributed by atoms with E-state index in [0.717, 1.165) is 0 Å². The standard InChI is InChI=1S/C20H15Cl3N2O5/c1-2-28-18(26)10-29-19-14(22)5-11(6-15(19)23)9-24-25-20(27)17-8-12-7-13(21)3-4-16(12)30-17/h3-9H,2,10H2,1H3,(H,25,27)/b24-9+. The Balaban J connectivity index is 1.65. The number of halogens is 3.